The fraction of sp³-hybridized carbons (Fsp3) is 0.158. The maximum atomic E-state index is 12.7. The molecule has 1 amide bonds. The minimum atomic E-state index is -1.27. The lowest BCUT2D eigenvalue weighted by Gasteiger charge is -2.24. The average molecular weight is 401 g/mol. The number of aromatic nitrogens is 3. The van der Waals surface area contributed by atoms with Crippen molar-refractivity contribution in [2.45, 2.75) is 12.8 Å². The first kappa shape index (κ1) is 19.4. The van der Waals surface area contributed by atoms with Gasteiger partial charge in [-0.2, -0.15) is 0 Å². The molecule has 1 aromatic heterocycles. The zero-order valence-electron chi connectivity index (χ0n) is 14.9. The van der Waals surface area contributed by atoms with E-state index in [0.29, 0.717) is 17.1 Å². The number of aromatic carboxylic acids is 1. The topological polar surface area (TPSA) is 97.6 Å². The van der Waals surface area contributed by atoms with Crippen LogP contribution in [0, 0.1) is 0 Å². The first-order valence-electron chi connectivity index (χ1n) is 8.43. The number of alkyl halides is 1. The van der Waals surface area contributed by atoms with Crippen molar-refractivity contribution >= 4 is 35.0 Å². The first-order chi connectivity index (χ1) is 13.6. The summed E-state index contributed by atoms with van der Waals surface area (Å²) in [4.78, 5) is 29.3. The number of ether oxygens (including phenoxy) is 1. The first-order valence-corrected chi connectivity index (χ1v) is 8.96. The zero-order chi connectivity index (χ0) is 20.1. The van der Waals surface area contributed by atoms with E-state index in [1.807, 2.05) is 6.07 Å². The van der Waals surface area contributed by atoms with Crippen LogP contribution in [0.4, 0.5) is 16.2 Å². The smallest absolute Gasteiger partial charge is 0.419 e. The standard InChI is InChI=1S/C19H17ClN4O4/c1-2-28-19(27)23(13-8-4-3-5-9-13)14-10-6-7-11-15(14)24-16(12-20)21-17(22-24)18(25)26/h3-11H,2,12H2,1H3,(H,25,26). The van der Waals surface area contributed by atoms with E-state index in [1.165, 1.54) is 9.58 Å². The van der Waals surface area contributed by atoms with E-state index >= 15 is 0 Å². The van der Waals surface area contributed by atoms with Crippen molar-refractivity contribution in [3.63, 3.8) is 0 Å². The summed E-state index contributed by atoms with van der Waals surface area (Å²) in [6.45, 7) is 1.92. The van der Waals surface area contributed by atoms with Gasteiger partial charge in [-0.25, -0.2) is 24.2 Å². The Morgan fingerprint density at radius 1 is 1.14 bits per heavy atom. The van der Waals surface area contributed by atoms with Crippen LogP contribution in [0.25, 0.3) is 5.69 Å². The van der Waals surface area contributed by atoms with Crippen molar-refractivity contribution in [2.24, 2.45) is 0 Å². The number of nitrogens with zero attached hydrogens (tertiary/aromatic N) is 4. The van der Waals surface area contributed by atoms with Crippen molar-refractivity contribution in [3.8, 4) is 5.69 Å². The highest BCUT2D eigenvalue weighted by atomic mass is 35.5. The highest BCUT2D eigenvalue weighted by Gasteiger charge is 2.25. The Bertz CT molecular complexity index is 991. The van der Waals surface area contributed by atoms with Crippen molar-refractivity contribution in [1.29, 1.82) is 0 Å². The van der Waals surface area contributed by atoms with Gasteiger partial charge in [-0.15, -0.1) is 16.7 Å². The molecule has 0 aliphatic rings. The summed E-state index contributed by atoms with van der Waals surface area (Å²) >= 11 is 5.94. The van der Waals surface area contributed by atoms with Crippen molar-refractivity contribution < 1.29 is 19.4 Å². The molecule has 2 aromatic carbocycles. The second-order valence-electron chi connectivity index (χ2n) is 5.56. The van der Waals surface area contributed by atoms with Crippen molar-refractivity contribution in [3.05, 3.63) is 66.2 Å². The molecule has 0 aliphatic carbocycles. The number of amides is 1. The molecular weight excluding hydrogens is 384 g/mol. The van der Waals surface area contributed by atoms with E-state index in [1.54, 1.807) is 55.5 Å². The molecule has 0 spiro atoms. The Balaban J connectivity index is 2.20. The number of anilines is 2. The maximum absolute atomic E-state index is 12.7. The molecular formula is C19H17ClN4O4. The van der Waals surface area contributed by atoms with E-state index in [-0.39, 0.29) is 24.1 Å². The number of carboxylic acid groups (broad SMARTS) is 1. The van der Waals surface area contributed by atoms with Gasteiger partial charge in [0.15, 0.2) is 0 Å². The van der Waals surface area contributed by atoms with Crippen LogP contribution < -0.4 is 4.90 Å². The number of hydrogen-bond donors (Lipinski definition) is 1. The second kappa shape index (κ2) is 8.53. The van der Waals surface area contributed by atoms with Gasteiger partial charge in [0.1, 0.15) is 5.82 Å². The molecule has 9 heteroatoms. The summed E-state index contributed by atoms with van der Waals surface area (Å²) in [5, 5.41) is 13.2. The van der Waals surface area contributed by atoms with Crippen LogP contribution in [0.15, 0.2) is 54.6 Å². The molecule has 8 nitrogen and oxygen atoms in total. The molecule has 0 saturated carbocycles. The van der Waals surface area contributed by atoms with E-state index in [4.69, 9.17) is 16.3 Å². The number of halogens is 1. The Morgan fingerprint density at radius 3 is 2.46 bits per heavy atom. The quantitative estimate of drug-likeness (QED) is 0.628. The number of carboxylic acids is 1. The third-order valence-corrected chi connectivity index (χ3v) is 4.04. The molecule has 0 unspecified atom stereocenters. The molecule has 3 rings (SSSR count). The molecule has 0 fully saturated rings. The van der Waals surface area contributed by atoms with E-state index in [9.17, 15) is 14.7 Å². The fourth-order valence-electron chi connectivity index (χ4n) is 2.65. The number of hydrogen-bond acceptors (Lipinski definition) is 5. The number of para-hydroxylation sites is 3. The van der Waals surface area contributed by atoms with E-state index in [2.05, 4.69) is 10.1 Å². The Morgan fingerprint density at radius 2 is 1.82 bits per heavy atom. The lowest BCUT2D eigenvalue weighted by Crippen LogP contribution is -2.28. The average Bonchev–Trinajstić information content (AvgIpc) is 3.14. The molecule has 1 heterocycles. The molecule has 3 aromatic rings. The van der Waals surface area contributed by atoms with Crippen LogP contribution in [0.5, 0.6) is 0 Å². The lowest BCUT2D eigenvalue weighted by molar-refractivity contribution is 0.0683. The molecule has 28 heavy (non-hydrogen) atoms. The van der Waals surface area contributed by atoms with Crippen LogP contribution in [0.3, 0.4) is 0 Å². The fourth-order valence-corrected chi connectivity index (χ4v) is 2.83. The van der Waals surface area contributed by atoms with Gasteiger partial charge in [0, 0.05) is 0 Å². The predicted octanol–water partition coefficient (Wildman–Crippen LogP) is 4.00. The monoisotopic (exact) mass is 400 g/mol. The number of rotatable bonds is 6. The summed E-state index contributed by atoms with van der Waals surface area (Å²) < 4.78 is 6.55. The molecule has 0 radical (unpaired) electrons. The molecule has 0 saturated heterocycles. The van der Waals surface area contributed by atoms with E-state index < -0.39 is 12.1 Å². The zero-order valence-corrected chi connectivity index (χ0v) is 15.7. The van der Waals surface area contributed by atoms with Gasteiger partial charge in [0.2, 0.25) is 0 Å². The summed E-state index contributed by atoms with van der Waals surface area (Å²) in [6.07, 6.45) is -0.577. The number of carbonyl (C=O) groups excluding carboxylic acids is 1. The highest BCUT2D eigenvalue weighted by molar-refractivity contribution is 6.16. The molecule has 0 aliphatic heterocycles. The van der Waals surface area contributed by atoms with Crippen molar-refractivity contribution in [1.82, 2.24) is 14.8 Å². The summed E-state index contributed by atoms with van der Waals surface area (Å²) in [5.41, 5.74) is 1.47. The van der Waals surface area contributed by atoms with Crippen LogP contribution in [0.2, 0.25) is 0 Å². The normalized spacial score (nSPS) is 10.5. The van der Waals surface area contributed by atoms with Crippen LogP contribution in [0.1, 0.15) is 23.4 Å². The summed E-state index contributed by atoms with van der Waals surface area (Å²) in [6, 6.07) is 15.9. The van der Waals surface area contributed by atoms with E-state index in [0.717, 1.165) is 0 Å². The third-order valence-electron chi connectivity index (χ3n) is 3.80. The number of carbonyl (C=O) groups is 2. The SMILES string of the molecule is CCOC(=O)N(c1ccccc1)c1ccccc1-n1nc(C(=O)O)nc1CCl. The van der Waals surface area contributed by atoms with Crippen LogP contribution in [-0.2, 0) is 10.6 Å². The van der Waals surface area contributed by atoms with Gasteiger partial charge in [0.05, 0.1) is 29.5 Å². The van der Waals surface area contributed by atoms with Crippen LogP contribution in [-0.4, -0.2) is 38.5 Å². The highest BCUT2D eigenvalue weighted by Crippen LogP contribution is 2.32. The molecule has 1 N–H and O–H groups in total. The summed E-state index contributed by atoms with van der Waals surface area (Å²) in [5.74, 6) is -1.47. The Labute approximate surface area is 165 Å². The van der Waals surface area contributed by atoms with Gasteiger partial charge >= 0.3 is 12.1 Å². The molecule has 0 bridgehead atoms. The van der Waals surface area contributed by atoms with Crippen molar-refractivity contribution in [2.75, 3.05) is 11.5 Å². The Hall–Kier alpha value is -3.39. The van der Waals surface area contributed by atoms with Gasteiger partial charge in [-0.1, -0.05) is 30.3 Å². The van der Waals surface area contributed by atoms with Gasteiger partial charge < -0.3 is 9.84 Å². The van der Waals surface area contributed by atoms with Gasteiger partial charge in [-0.3, -0.25) is 0 Å². The predicted molar refractivity (Wildman–Crippen MR) is 103 cm³/mol. The minimum absolute atomic E-state index is 0.0562. The third kappa shape index (κ3) is 3.81. The van der Waals surface area contributed by atoms with Gasteiger partial charge in [-0.05, 0) is 31.2 Å². The minimum Gasteiger partial charge on any atom is -0.475 e. The molecule has 144 valence electrons. The summed E-state index contributed by atoms with van der Waals surface area (Å²) in [7, 11) is 0. The maximum Gasteiger partial charge on any atom is 0.419 e. The largest absolute Gasteiger partial charge is 0.475 e. The van der Waals surface area contributed by atoms with Gasteiger partial charge in [0.25, 0.3) is 5.82 Å². The second-order valence-corrected chi connectivity index (χ2v) is 5.83. The van der Waals surface area contributed by atoms with Crippen LogP contribution >= 0.6 is 11.6 Å². The molecule has 0 atom stereocenters. The lowest BCUT2D eigenvalue weighted by atomic mass is 10.2. The number of benzene rings is 2. The Kier molecular flexibility index (Phi) is 5.90.